The molecule has 1 aromatic heterocycles. The van der Waals surface area contributed by atoms with Gasteiger partial charge in [0.05, 0.1) is 23.5 Å². The van der Waals surface area contributed by atoms with E-state index in [-0.39, 0.29) is 12.5 Å². The Kier molecular flexibility index (Phi) is 5.05. The molecule has 0 radical (unpaired) electrons. The second-order valence-electron chi connectivity index (χ2n) is 4.51. The smallest absolute Gasteiger partial charge is 0.246 e. The number of nitrogens with two attached hydrogens (primary N) is 1. The van der Waals surface area contributed by atoms with E-state index in [9.17, 15) is 4.79 Å². The molecule has 0 aliphatic carbocycles. The van der Waals surface area contributed by atoms with Gasteiger partial charge in [0.15, 0.2) is 0 Å². The topological polar surface area (TPSA) is 82.2 Å². The number of anilines is 2. The van der Waals surface area contributed by atoms with E-state index in [1.165, 1.54) is 10.9 Å². The van der Waals surface area contributed by atoms with Gasteiger partial charge in [-0.05, 0) is 24.6 Å². The molecule has 0 spiro atoms. The lowest BCUT2D eigenvalue weighted by molar-refractivity contribution is -0.116. The van der Waals surface area contributed by atoms with Gasteiger partial charge in [-0.3, -0.25) is 9.48 Å². The molecule has 0 aliphatic rings. The molecule has 3 N–H and O–H groups in total. The predicted octanol–water partition coefficient (Wildman–Crippen LogP) is 2.55. The Bertz CT molecular complexity index is 627. The molecule has 6 nitrogen and oxygen atoms in total. The molecule has 112 valence electrons. The van der Waals surface area contributed by atoms with Crippen LogP contribution >= 0.6 is 11.6 Å². The summed E-state index contributed by atoms with van der Waals surface area (Å²) in [6.07, 6.45) is 3.99. The van der Waals surface area contributed by atoms with Crippen LogP contribution in [0.5, 0.6) is 5.75 Å². The lowest BCUT2D eigenvalue weighted by atomic mass is 10.3. The number of carbonyl (C=O) groups is 1. The summed E-state index contributed by atoms with van der Waals surface area (Å²) in [7, 11) is 0. The summed E-state index contributed by atoms with van der Waals surface area (Å²) in [6, 6.07) is 5.13. The normalized spacial score (nSPS) is 10.4. The van der Waals surface area contributed by atoms with Gasteiger partial charge >= 0.3 is 0 Å². The van der Waals surface area contributed by atoms with Crippen molar-refractivity contribution in [2.24, 2.45) is 0 Å². The third kappa shape index (κ3) is 4.39. The summed E-state index contributed by atoms with van der Waals surface area (Å²) in [5.74, 6) is 0.396. The number of nitrogens with zero attached hydrogens (tertiary/aromatic N) is 2. The van der Waals surface area contributed by atoms with E-state index in [4.69, 9.17) is 22.1 Å². The molecule has 0 saturated carbocycles. The Morgan fingerprint density at radius 2 is 2.33 bits per heavy atom. The first kappa shape index (κ1) is 15.2. The van der Waals surface area contributed by atoms with E-state index >= 15 is 0 Å². The monoisotopic (exact) mass is 308 g/mol. The van der Waals surface area contributed by atoms with Gasteiger partial charge in [-0.1, -0.05) is 18.5 Å². The van der Waals surface area contributed by atoms with Crippen molar-refractivity contribution in [3.05, 3.63) is 35.6 Å². The highest BCUT2D eigenvalue weighted by molar-refractivity contribution is 6.32. The number of halogens is 1. The van der Waals surface area contributed by atoms with Crippen molar-refractivity contribution in [1.82, 2.24) is 9.78 Å². The summed E-state index contributed by atoms with van der Waals surface area (Å²) < 4.78 is 6.93. The molecule has 0 unspecified atom stereocenters. The standard InChI is InChI=1S/C14H17ClN4O2/c1-2-5-21-13-4-3-11(6-12(13)15)18-14(20)9-19-8-10(16)7-17-19/h3-4,6-8H,2,5,9,16H2,1H3,(H,18,20). The zero-order chi connectivity index (χ0) is 15.2. The van der Waals surface area contributed by atoms with Gasteiger partial charge in [-0.2, -0.15) is 5.10 Å². The molecule has 0 saturated heterocycles. The summed E-state index contributed by atoms with van der Waals surface area (Å²) in [5, 5.41) is 7.15. The summed E-state index contributed by atoms with van der Waals surface area (Å²) >= 11 is 6.10. The summed E-state index contributed by atoms with van der Waals surface area (Å²) in [5.41, 5.74) is 6.66. The quantitative estimate of drug-likeness (QED) is 0.859. The number of ether oxygens (including phenoxy) is 1. The number of benzene rings is 1. The molecule has 1 aromatic carbocycles. The van der Waals surface area contributed by atoms with Gasteiger partial charge in [0.2, 0.25) is 5.91 Å². The first-order chi connectivity index (χ1) is 10.1. The Morgan fingerprint density at radius 1 is 1.52 bits per heavy atom. The van der Waals surface area contributed by atoms with Gasteiger partial charge in [0.1, 0.15) is 12.3 Å². The van der Waals surface area contributed by atoms with Crippen molar-refractivity contribution in [3.8, 4) is 5.75 Å². The molecule has 2 aromatic rings. The molecule has 0 fully saturated rings. The van der Waals surface area contributed by atoms with Gasteiger partial charge in [-0.25, -0.2) is 0 Å². The molecule has 1 heterocycles. The lowest BCUT2D eigenvalue weighted by Crippen LogP contribution is -2.19. The minimum atomic E-state index is -0.212. The van der Waals surface area contributed by atoms with Gasteiger partial charge in [0, 0.05) is 11.9 Å². The maximum absolute atomic E-state index is 11.9. The van der Waals surface area contributed by atoms with Crippen molar-refractivity contribution < 1.29 is 9.53 Å². The average Bonchev–Trinajstić information content (AvgIpc) is 2.83. The molecular weight excluding hydrogens is 292 g/mol. The van der Waals surface area contributed by atoms with Crippen LogP contribution in [0.3, 0.4) is 0 Å². The fourth-order valence-corrected chi connectivity index (χ4v) is 1.96. The Morgan fingerprint density at radius 3 is 2.95 bits per heavy atom. The lowest BCUT2D eigenvalue weighted by Gasteiger charge is -2.10. The number of rotatable bonds is 6. The maximum Gasteiger partial charge on any atom is 0.246 e. The van der Waals surface area contributed by atoms with Crippen LogP contribution in [0.1, 0.15) is 13.3 Å². The Hall–Kier alpha value is -2.21. The van der Waals surface area contributed by atoms with Crippen molar-refractivity contribution in [1.29, 1.82) is 0 Å². The van der Waals surface area contributed by atoms with Crippen molar-refractivity contribution in [2.75, 3.05) is 17.7 Å². The highest BCUT2D eigenvalue weighted by atomic mass is 35.5. The molecule has 7 heteroatoms. The number of amides is 1. The van der Waals surface area contributed by atoms with Crippen LogP contribution in [-0.4, -0.2) is 22.3 Å². The third-order valence-electron chi connectivity index (χ3n) is 2.64. The minimum absolute atomic E-state index is 0.0862. The second kappa shape index (κ2) is 6.99. The van der Waals surface area contributed by atoms with E-state index in [1.807, 2.05) is 6.92 Å². The highest BCUT2D eigenvalue weighted by Gasteiger charge is 2.07. The Labute approximate surface area is 127 Å². The minimum Gasteiger partial charge on any atom is -0.492 e. The zero-order valence-electron chi connectivity index (χ0n) is 11.7. The Balaban J connectivity index is 1.96. The van der Waals surface area contributed by atoms with Crippen molar-refractivity contribution >= 4 is 28.9 Å². The molecule has 0 atom stereocenters. The van der Waals surface area contributed by atoms with E-state index < -0.39 is 0 Å². The van der Waals surface area contributed by atoms with Crippen molar-refractivity contribution in [3.63, 3.8) is 0 Å². The van der Waals surface area contributed by atoms with Crippen LogP contribution in [0.2, 0.25) is 5.02 Å². The second-order valence-corrected chi connectivity index (χ2v) is 4.92. The first-order valence-electron chi connectivity index (χ1n) is 6.58. The SMILES string of the molecule is CCCOc1ccc(NC(=O)Cn2cc(N)cn2)cc1Cl. The van der Waals surface area contributed by atoms with E-state index in [2.05, 4.69) is 10.4 Å². The molecule has 2 rings (SSSR count). The van der Waals surface area contributed by atoms with Crippen LogP contribution in [-0.2, 0) is 11.3 Å². The zero-order valence-corrected chi connectivity index (χ0v) is 12.4. The number of hydrogen-bond donors (Lipinski definition) is 2. The first-order valence-corrected chi connectivity index (χ1v) is 6.96. The van der Waals surface area contributed by atoms with E-state index in [0.717, 1.165) is 6.42 Å². The maximum atomic E-state index is 11.9. The van der Waals surface area contributed by atoms with Crippen LogP contribution < -0.4 is 15.8 Å². The van der Waals surface area contributed by atoms with Crippen LogP contribution in [0.15, 0.2) is 30.6 Å². The van der Waals surface area contributed by atoms with Gasteiger partial charge in [0.25, 0.3) is 0 Å². The number of carbonyl (C=O) groups excluding carboxylic acids is 1. The fraction of sp³-hybridized carbons (Fsp3) is 0.286. The molecular formula is C14H17ClN4O2. The average molecular weight is 309 g/mol. The number of nitrogen functional groups attached to an aromatic ring is 1. The van der Waals surface area contributed by atoms with E-state index in [0.29, 0.717) is 28.8 Å². The summed E-state index contributed by atoms with van der Waals surface area (Å²) in [6.45, 7) is 2.71. The third-order valence-corrected chi connectivity index (χ3v) is 2.93. The summed E-state index contributed by atoms with van der Waals surface area (Å²) in [4.78, 5) is 11.9. The number of nitrogens with one attached hydrogen (secondary N) is 1. The van der Waals surface area contributed by atoms with Crippen LogP contribution in [0.25, 0.3) is 0 Å². The fourth-order valence-electron chi connectivity index (χ4n) is 1.72. The largest absolute Gasteiger partial charge is 0.492 e. The van der Waals surface area contributed by atoms with Gasteiger partial charge < -0.3 is 15.8 Å². The van der Waals surface area contributed by atoms with E-state index in [1.54, 1.807) is 24.4 Å². The van der Waals surface area contributed by atoms with Crippen LogP contribution in [0.4, 0.5) is 11.4 Å². The predicted molar refractivity (Wildman–Crippen MR) is 82.5 cm³/mol. The molecule has 0 aliphatic heterocycles. The molecule has 1 amide bonds. The number of aromatic nitrogens is 2. The number of hydrogen-bond acceptors (Lipinski definition) is 4. The molecule has 0 bridgehead atoms. The highest BCUT2D eigenvalue weighted by Crippen LogP contribution is 2.27. The molecule has 21 heavy (non-hydrogen) atoms. The van der Waals surface area contributed by atoms with Crippen molar-refractivity contribution in [2.45, 2.75) is 19.9 Å². The van der Waals surface area contributed by atoms with Gasteiger partial charge in [-0.15, -0.1) is 0 Å². The van der Waals surface area contributed by atoms with Crippen LogP contribution in [0, 0.1) is 0 Å².